The Morgan fingerprint density at radius 2 is 1.87 bits per heavy atom. The Morgan fingerprint density at radius 1 is 1.10 bits per heavy atom. The van der Waals surface area contributed by atoms with Crippen molar-refractivity contribution in [3.8, 4) is 28.4 Å². The topological polar surface area (TPSA) is 87.8 Å². The summed E-state index contributed by atoms with van der Waals surface area (Å²) in [5, 5.41) is 0. The molecule has 2 aromatic rings. The van der Waals surface area contributed by atoms with E-state index in [1.165, 1.54) is 0 Å². The van der Waals surface area contributed by atoms with Crippen LogP contribution in [-0.2, 0) is 11.2 Å². The third kappa shape index (κ3) is 4.38. The summed E-state index contributed by atoms with van der Waals surface area (Å²) < 4.78 is 18.0. The molecule has 31 heavy (non-hydrogen) atoms. The second-order valence-corrected chi connectivity index (χ2v) is 8.28. The highest BCUT2D eigenvalue weighted by Crippen LogP contribution is 2.48. The highest BCUT2D eigenvalue weighted by atomic mass is 16.5. The SMILES string of the molecule is CCCC(Oc1c(-c2cccc3c2CCC3=O)ccc(OC)c1OCC1CC1)C(N)=O. The Hall–Kier alpha value is -3.02. The van der Waals surface area contributed by atoms with Crippen LogP contribution in [0.2, 0.25) is 0 Å². The van der Waals surface area contributed by atoms with E-state index in [0.29, 0.717) is 49.0 Å². The van der Waals surface area contributed by atoms with Crippen LogP contribution in [-0.4, -0.2) is 31.5 Å². The van der Waals surface area contributed by atoms with Crippen LogP contribution in [0, 0.1) is 5.92 Å². The molecule has 0 radical (unpaired) electrons. The number of carbonyl (C=O) groups excluding carboxylic acids is 2. The fraction of sp³-hybridized carbons (Fsp3) is 0.440. The first-order valence-electron chi connectivity index (χ1n) is 11.0. The Kier molecular flexibility index (Phi) is 6.16. The van der Waals surface area contributed by atoms with E-state index >= 15 is 0 Å². The number of benzene rings is 2. The van der Waals surface area contributed by atoms with Gasteiger partial charge in [0.1, 0.15) is 0 Å². The summed E-state index contributed by atoms with van der Waals surface area (Å²) >= 11 is 0. The van der Waals surface area contributed by atoms with Gasteiger partial charge in [-0.05, 0) is 54.9 Å². The smallest absolute Gasteiger partial charge is 0.258 e. The maximum absolute atomic E-state index is 12.3. The largest absolute Gasteiger partial charge is 0.493 e. The van der Waals surface area contributed by atoms with E-state index in [0.717, 1.165) is 41.5 Å². The number of rotatable bonds is 10. The van der Waals surface area contributed by atoms with E-state index in [1.807, 2.05) is 37.3 Å². The number of amides is 1. The van der Waals surface area contributed by atoms with Gasteiger partial charge in [0.15, 0.2) is 23.4 Å². The monoisotopic (exact) mass is 423 g/mol. The summed E-state index contributed by atoms with van der Waals surface area (Å²) in [6, 6.07) is 9.48. The van der Waals surface area contributed by atoms with Crippen LogP contribution < -0.4 is 19.9 Å². The van der Waals surface area contributed by atoms with Gasteiger partial charge in [0, 0.05) is 17.5 Å². The maximum Gasteiger partial charge on any atom is 0.258 e. The van der Waals surface area contributed by atoms with Crippen LogP contribution in [0.15, 0.2) is 30.3 Å². The minimum Gasteiger partial charge on any atom is -0.493 e. The highest BCUT2D eigenvalue weighted by Gasteiger charge is 2.30. The zero-order chi connectivity index (χ0) is 22.0. The molecule has 1 saturated carbocycles. The van der Waals surface area contributed by atoms with Gasteiger partial charge < -0.3 is 19.9 Å². The molecule has 0 spiro atoms. The first kappa shape index (κ1) is 21.2. The van der Waals surface area contributed by atoms with Crippen molar-refractivity contribution in [3.63, 3.8) is 0 Å². The highest BCUT2D eigenvalue weighted by molar-refractivity contribution is 6.02. The normalized spacial score (nSPS) is 16.0. The number of fused-ring (bicyclic) bond motifs is 1. The van der Waals surface area contributed by atoms with E-state index in [4.69, 9.17) is 19.9 Å². The molecule has 2 aliphatic rings. The van der Waals surface area contributed by atoms with Crippen LogP contribution in [0.1, 0.15) is 54.9 Å². The Morgan fingerprint density at radius 3 is 2.55 bits per heavy atom. The molecular formula is C25H29NO5. The first-order chi connectivity index (χ1) is 15.0. The lowest BCUT2D eigenvalue weighted by Gasteiger charge is -2.23. The Labute approximate surface area is 182 Å². The van der Waals surface area contributed by atoms with Gasteiger partial charge in [-0.15, -0.1) is 0 Å². The minimum absolute atomic E-state index is 0.152. The van der Waals surface area contributed by atoms with Crippen LogP contribution in [0.5, 0.6) is 17.2 Å². The Bertz CT molecular complexity index is 996. The molecular weight excluding hydrogens is 394 g/mol. The third-order valence-electron chi connectivity index (χ3n) is 5.95. The molecule has 0 bridgehead atoms. The van der Waals surface area contributed by atoms with Gasteiger partial charge >= 0.3 is 0 Å². The van der Waals surface area contributed by atoms with Crippen LogP contribution in [0.25, 0.3) is 11.1 Å². The van der Waals surface area contributed by atoms with Crippen molar-refractivity contribution in [2.24, 2.45) is 11.7 Å². The summed E-state index contributed by atoms with van der Waals surface area (Å²) in [4.78, 5) is 24.4. The van der Waals surface area contributed by atoms with Gasteiger partial charge in [-0.1, -0.05) is 31.5 Å². The lowest BCUT2D eigenvalue weighted by Crippen LogP contribution is -2.33. The summed E-state index contributed by atoms with van der Waals surface area (Å²) in [7, 11) is 1.58. The standard InChI is InChI=1S/C25H29NO5/c1-3-5-22(25(26)28)31-23-19(16-6-4-7-18-17(16)10-12-20(18)27)11-13-21(29-2)24(23)30-14-15-8-9-15/h4,6-7,11,13,15,22H,3,5,8-10,12,14H2,1-2H3,(H2,26,28). The molecule has 0 saturated heterocycles. The zero-order valence-electron chi connectivity index (χ0n) is 18.1. The average Bonchev–Trinajstić information content (AvgIpc) is 3.52. The van der Waals surface area contributed by atoms with Crippen molar-refractivity contribution >= 4 is 11.7 Å². The molecule has 1 fully saturated rings. The summed E-state index contributed by atoms with van der Waals surface area (Å²) in [6.07, 6.45) is 3.95. The maximum atomic E-state index is 12.3. The van der Waals surface area contributed by atoms with Crippen molar-refractivity contribution in [2.75, 3.05) is 13.7 Å². The fourth-order valence-electron chi connectivity index (χ4n) is 4.06. The molecule has 0 aliphatic heterocycles. The van der Waals surface area contributed by atoms with E-state index < -0.39 is 12.0 Å². The number of nitrogens with two attached hydrogens (primary N) is 1. The molecule has 1 atom stereocenters. The molecule has 2 N–H and O–H groups in total. The number of methoxy groups -OCH3 is 1. The quantitative estimate of drug-likeness (QED) is 0.615. The number of primary amides is 1. The molecule has 164 valence electrons. The van der Waals surface area contributed by atoms with Gasteiger partial charge in [-0.25, -0.2) is 0 Å². The van der Waals surface area contributed by atoms with Gasteiger partial charge in [0.25, 0.3) is 5.91 Å². The van der Waals surface area contributed by atoms with E-state index in [-0.39, 0.29) is 5.78 Å². The molecule has 6 nitrogen and oxygen atoms in total. The number of ether oxygens (including phenoxy) is 3. The molecule has 4 rings (SSSR count). The number of ketones is 1. The van der Waals surface area contributed by atoms with Gasteiger partial charge in [0.05, 0.1) is 13.7 Å². The fourth-order valence-corrected chi connectivity index (χ4v) is 4.06. The Balaban J connectivity index is 1.85. The van der Waals surface area contributed by atoms with Crippen molar-refractivity contribution < 1.29 is 23.8 Å². The molecule has 1 unspecified atom stereocenters. The van der Waals surface area contributed by atoms with Crippen LogP contribution in [0.3, 0.4) is 0 Å². The average molecular weight is 424 g/mol. The van der Waals surface area contributed by atoms with Crippen molar-refractivity contribution in [2.45, 2.75) is 51.6 Å². The summed E-state index contributed by atoms with van der Waals surface area (Å²) in [6.45, 7) is 2.54. The summed E-state index contributed by atoms with van der Waals surface area (Å²) in [5.41, 5.74) is 9.08. The zero-order valence-corrected chi connectivity index (χ0v) is 18.1. The van der Waals surface area contributed by atoms with E-state index in [9.17, 15) is 9.59 Å². The molecule has 0 aromatic heterocycles. The predicted molar refractivity (Wildman–Crippen MR) is 118 cm³/mol. The van der Waals surface area contributed by atoms with Crippen molar-refractivity contribution in [3.05, 3.63) is 41.5 Å². The van der Waals surface area contributed by atoms with Crippen LogP contribution in [0.4, 0.5) is 0 Å². The van der Waals surface area contributed by atoms with Crippen molar-refractivity contribution in [1.29, 1.82) is 0 Å². The number of Topliss-reactive ketones (excluding diaryl/α,β-unsaturated/α-hetero) is 1. The molecule has 2 aliphatic carbocycles. The van der Waals surface area contributed by atoms with Gasteiger partial charge in [-0.2, -0.15) is 0 Å². The van der Waals surface area contributed by atoms with Gasteiger partial charge in [0.2, 0.25) is 5.75 Å². The lowest BCUT2D eigenvalue weighted by molar-refractivity contribution is -0.125. The van der Waals surface area contributed by atoms with E-state index in [1.54, 1.807) is 7.11 Å². The molecule has 1 amide bonds. The molecule has 6 heteroatoms. The number of hydrogen-bond donors (Lipinski definition) is 1. The molecule has 0 heterocycles. The van der Waals surface area contributed by atoms with Crippen molar-refractivity contribution in [1.82, 2.24) is 0 Å². The van der Waals surface area contributed by atoms with Crippen LogP contribution >= 0.6 is 0 Å². The third-order valence-corrected chi connectivity index (χ3v) is 5.95. The predicted octanol–water partition coefficient (Wildman–Crippen LogP) is 4.31. The minimum atomic E-state index is -0.780. The first-order valence-corrected chi connectivity index (χ1v) is 11.0. The number of hydrogen-bond acceptors (Lipinski definition) is 5. The van der Waals surface area contributed by atoms with Gasteiger partial charge in [-0.3, -0.25) is 9.59 Å². The summed E-state index contributed by atoms with van der Waals surface area (Å²) in [5.74, 6) is 1.64. The van der Waals surface area contributed by atoms with E-state index in [2.05, 4.69) is 0 Å². The number of carbonyl (C=O) groups is 2. The second kappa shape index (κ2) is 9.00. The lowest BCUT2D eigenvalue weighted by atomic mass is 9.95. The molecule has 2 aromatic carbocycles. The second-order valence-electron chi connectivity index (χ2n) is 8.28.